The zero-order valence-corrected chi connectivity index (χ0v) is 12.5. The molecule has 1 aromatic heterocycles. The second-order valence-corrected chi connectivity index (χ2v) is 5.78. The molecule has 1 heterocycles. The van der Waals surface area contributed by atoms with Gasteiger partial charge in [-0.15, -0.1) is 0 Å². The zero-order valence-electron chi connectivity index (χ0n) is 11.7. The Morgan fingerprint density at radius 2 is 1.91 bits per heavy atom. The maximum atomic E-state index is 12.5. The second-order valence-electron chi connectivity index (χ2n) is 5.37. The second kappa shape index (κ2) is 5.08. The summed E-state index contributed by atoms with van der Waals surface area (Å²) in [6.07, 6.45) is 4.35. The molecule has 2 nitrogen and oxygen atoms in total. The van der Waals surface area contributed by atoms with Gasteiger partial charge in [-0.2, -0.15) is 0 Å². The number of ketones is 1. The van der Waals surface area contributed by atoms with Gasteiger partial charge >= 0.3 is 0 Å². The van der Waals surface area contributed by atoms with E-state index >= 15 is 0 Å². The average Bonchev–Trinajstić information content (AvgIpc) is 2.87. The maximum absolute atomic E-state index is 12.5. The van der Waals surface area contributed by atoms with Crippen LogP contribution in [0, 0.1) is 0 Å². The quantitative estimate of drug-likeness (QED) is 0.609. The number of aromatic nitrogens is 1. The smallest absolute Gasteiger partial charge is 0.189 e. The van der Waals surface area contributed by atoms with E-state index in [0.29, 0.717) is 11.4 Å². The Bertz CT molecular complexity index is 943. The maximum Gasteiger partial charge on any atom is 0.189 e. The van der Waals surface area contributed by atoms with E-state index in [9.17, 15) is 4.79 Å². The normalized spacial score (nSPS) is 15.5. The van der Waals surface area contributed by atoms with Crippen molar-refractivity contribution >= 4 is 34.4 Å². The van der Waals surface area contributed by atoms with Gasteiger partial charge in [0.1, 0.15) is 0 Å². The first-order valence-corrected chi connectivity index (χ1v) is 7.48. The molecule has 0 amide bonds. The number of nitrogens with zero attached hydrogens (tertiary/aromatic N) is 1. The van der Waals surface area contributed by atoms with Gasteiger partial charge in [-0.05, 0) is 29.8 Å². The summed E-state index contributed by atoms with van der Waals surface area (Å²) in [5.74, 6) is 0.106. The lowest BCUT2D eigenvalue weighted by atomic mass is 10.0. The Morgan fingerprint density at radius 1 is 1.05 bits per heavy atom. The molecule has 2 aromatic carbocycles. The summed E-state index contributed by atoms with van der Waals surface area (Å²) in [5.41, 5.74) is 4.45. The van der Waals surface area contributed by atoms with Gasteiger partial charge in [0.15, 0.2) is 5.78 Å². The van der Waals surface area contributed by atoms with Crippen LogP contribution in [0.1, 0.15) is 21.5 Å². The van der Waals surface area contributed by atoms with Crippen molar-refractivity contribution in [2.75, 3.05) is 0 Å². The van der Waals surface area contributed by atoms with Crippen LogP contribution in [-0.4, -0.2) is 10.8 Å². The van der Waals surface area contributed by atoms with Crippen molar-refractivity contribution in [1.82, 2.24) is 4.98 Å². The van der Waals surface area contributed by atoms with E-state index in [0.717, 1.165) is 33.2 Å². The lowest BCUT2D eigenvalue weighted by Gasteiger charge is -2.04. The number of hydrogen-bond acceptors (Lipinski definition) is 2. The Morgan fingerprint density at radius 3 is 2.77 bits per heavy atom. The van der Waals surface area contributed by atoms with Gasteiger partial charge in [0.05, 0.1) is 10.5 Å². The molecule has 0 radical (unpaired) electrons. The van der Waals surface area contributed by atoms with E-state index in [1.165, 1.54) is 0 Å². The third-order valence-corrected chi connectivity index (χ3v) is 4.34. The predicted molar refractivity (Wildman–Crippen MR) is 89.2 cm³/mol. The molecule has 3 aromatic rings. The average molecular weight is 306 g/mol. The van der Waals surface area contributed by atoms with Crippen molar-refractivity contribution in [3.63, 3.8) is 0 Å². The molecule has 0 aliphatic heterocycles. The third-order valence-electron chi connectivity index (χ3n) is 4.01. The molecule has 0 atom stereocenters. The van der Waals surface area contributed by atoms with Crippen LogP contribution in [0.5, 0.6) is 0 Å². The minimum Gasteiger partial charge on any atom is -0.289 e. The number of fused-ring (bicyclic) bond motifs is 2. The first-order chi connectivity index (χ1) is 10.7. The fourth-order valence-corrected chi connectivity index (χ4v) is 3.15. The van der Waals surface area contributed by atoms with Gasteiger partial charge in [-0.1, -0.05) is 41.9 Å². The van der Waals surface area contributed by atoms with E-state index in [2.05, 4.69) is 4.98 Å². The molecular formula is C19H12ClNO. The Hall–Kier alpha value is -2.45. The molecule has 0 bridgehead atoms. The number of allylic oxidation sites excluding steroid dienone is 1. The molecule has 0 unspecified atom stereocenters. The van der Waals surface area contributed by atoms with Crippen LogP contribution in [0.25, 0.3) is 17.0 Å². The van der Waals surface area contributed by atoms with E-state index in [1.807, 2.05) is 54.6 Å². The van der Waals surface area contributed by atoms with Crippen LogP contribution in [0.4, 0.5) is 0 Å². The van der Waals surface area contributed by atoms with Crippen LogP contribution in [0.2, 0.25) is 5.02 Å². The SMILES string of the molecule is O=C1/C(=C/c2ccc(Cl)c3cccnc23)Cc2ccccc21. The van der Waals surface area contributed by atoms with Gasteiger partial charge in [0.25, 0.3) is 0 Å². The van der Waals surface area contributed by atoms with Crippen molar-refractivity contribution in [2.45, 2.75) is 6.42 Å². The van der Waals surface area contributed by atoms with Crippen LogP contribution < -0.4 is 0 Å². The number of hydrogen-bond donors (Lipinski definition) is 0. The highest BCUT2D eigenvalue weighted by molar-refractivity contribution is 6.35. The standard InChI is InChI=1S/C19H12ClNO/c20-17-8-7-13(18-16(17)6-3-9-21-18)11-14-10-12-4-1-2-5-15(12)19(14)22/h1-9,11H,10H2/b14-11+. The Labute approximate surface area is 133 Å². The van der Waals surface area contributed by atoms with Crippen molar-refractivity contribution in [3.8, 4) is 0 Å². The number of carbonyl (C=O) groups is 1. The van der Waals surface area contributed by atoms with Crippen molar-refractivity contribution < 1.29 is 4.79 Å². The fourth-order valence-electron chi connectivity index (χ4n) is 2.93. The molecule has 0 spiro atoms. The Kier molecular flexibility index (Phi) is 3.05. The van der Waals surface area contributed by atoms with E-state index in [4.69, 9.17) is 11.6 Å². The van der Waals surface area contributed by atoms with Gasteiger partial charge < -0.3 is 0 Å². The van der Waals surface area contributed by atoms with Crippen molar-refractivity contribution in [3.05, 3.63) is 82.0 Å². The van der Waals surface area contributed by atoms with Gasteiger partial charge in [0, 0.05) is 34.7 Å². The lowest BCUT2D eigenvalue weighted by molar-refractivity contribution is 0.104. The number of benzene rings is 2. The van der Waals surface area contributed by atoms with E-state index < -0.39 is 0 Å². The van der Waals surface area contributed by atoms with Crippen molar-refractivity contribution in [1.29, 1.82) is 0 Å². The largest absolute Gasteiger partial charge is 0.289 e. The zero-order chi connectivity index (χ0) is 15.1. The van der Waals surface area contributed by atoms with Gasteiger partial charge in [0.2, 0.25) is 0 Å². The molecule has 0 saturated carbocycles. The fraction of sp³-hybridized carbons (Fsp3) is 0.0526. The molecule has 0 N–H and O–H groups in total. The molecule has 4 rings (SSSR count). The van der Waals surface area contributed by atoms with Crippen LogP contribution in [0.15, 0.2) is 60.3 Å². The van der Waals surface area contributed by atoms with Crippen LogP contribution in [0.3, 0.4) is 0 Å². The molecule has 106 valence electrons. The summed E-state index contributed by atoms with van der Waals surface area (Å²) < 4.78 is 0. The first kappa shape index (κ1) is 13.2. The van der Waals surface area contributed by atoms with Crippen LogP contribution >= 0.6 is 11.6 Å². The molecule has 1 aliphatic carbocycles. The van der Waals surface area contributed by atoms with Gasteiger partial charge in [-0.25, -0.2) is 0 Å². The topological polar surface area (TPSA) is 30.0 Å². The first-order valence-electron chi connectivity index (χ1n) is 7.10. The summed E-state index contributed by atoms with van der Waals surface area (Å²) in [4.78, 5) is 16.9. The molecule has 0 fully saturated rings. The Balaban J connectivity index is 1.86. The summed E-state index contributed by atoms with van der Waals surface area (Å²) >= 11 is 6.22. The summed E-state index contributed by atoms with van der Waals surface area (Å²) in [6.45, 7) is 0. The van der Waals surface area contributed by atoms with E-state index in [1.54, 1.807) is 6.20 Å². The highest BCUT2D eigenvalue weighted by Crippen LogP contribution is 2.30. The van der Waals surface area contributed by atoms with Gasteiger partial charge in [-0.3, -0.25) is 9.78 Å². The third kappa shape index (κ3) is 2.04. The number of Topliss-reactive ketones (excluding diaryl/α,β-unsaturated/α-hetero) is 1. The van der Waals surface area contributed by atoms with E-state index in [-0.39, 0.29) is 5.78 Å². The van der Waals surface area contributed by atoms with Crippen LogP contribution in [-0.2, 0) is 6.42 Å². The predicted octanol–water partition coefficient (Wildman–Crippen LogP) is 4.71. The van der Waals surface area contributed by atoms with Crippen molar-refractivity contribution in [2.24, 2.45) is 0 Å². The lowest BCUT2D eigenvalue weighted by Crippen LogP contribution is -1.95. The number of carbonyl (C=O) groups excluding carboxylic acids is 1. The highest BCUT2D eigenvalue weighted by Gasteiger charge is 2.24. The molecular weight excluding hydrogens is 294 g/mol. The highest BCUT2D eigenvalue weighted by atomic mass is 35.5. The molecule has 1 aliphatic rings. The minimum absolute atomic E-state index is 0.106. The summed E-state index contributed by atoms with van der Waals surface area (Å²) in [5, 5.41) is 1.58. The summed E-state index contributed by atoms with van der Waals surface area (Å²) in [7, 11) is 0. The monoisotopic (exact) mass is 305 g/mol. The number of halogens is 1. The number of rotatable bonds is 1. The number of pyridine rings is 1. The molecule has 22 heavy (non-hydrogen) atoms. The minimum atomic E-state index is 0.106. The molecule has 3 heteroatoms. The molecule has 0 saturated heterocycles. The summed E-state index contributed by atoms with van der Waals surface area (Å²) in [6, 6.07) is 15.3.